The van der Waals surface area contributed by atoms with Gasteiger partial charge in [-0.2, -0.15) is 0 Å². The summed E-state index contributed by atoms with van der Waals surface area (Å²) < 4.78 is 85.2. The number of carbonyl (C=O) groups is 1. The average molecular weight is 465 g/mol. The molecule has 3 atom stereocenters. The smallest absolute Gasteiger partial charge is 0.573 e. The summed E-state index contributed by atoms with van der Waals surface area (Å²) in [5.41, 5.74) is -0.959. The van der Waals surface area contributed by atoms with Crippen LogP contribution in [-0.2, 0) is 14.9 Å². The summed E-state index contributed by atoms with van der Waals surface area (Å²) in [5, 5.41) is 0. The highest BCUT2D eigenvalue weighted by Crippen LogP contribution is 2.53. The summed E-state index contributed by atoms with van der Waals surface area (Å²) in [6, 6.07) is 3.07. The first-order chi connectivity index (χ1) is 14.2. The Morgan fingerprint density at radius 3 is 2.39 bits per heavy atom. The molecule has 0 N–H and O–H groups in total. The summed E-state index contributed by atoms with van der Waals surface area (Å²) in [4.78, 5) is 12.2. The standard InChI is InChI=1S/C20H25F3O7S/c1-19(2,15-10-12-3-4-13(15)9-12)29-17-11-14(5-6-16(17)30-20(21,22)23)18(24)28-7-8-31(25,26)27/h5-6,11-13,15H,3-4,7-10H2,1-2H3,(H,25,26,27)/p-1. The van der Waals surface area contributed by atoms with Crippen molar-refractivity contribution in [3.8, 4) is 11.5 Å². The van der Waals surface area contributed by atoms with Crippen LogP contribution in [0.15, 0.2) is 18.2 Å². The summed E-state index contributed by atoms with van der Waals surface area (Å²) in [7, 11) is -4.57. The van der Waals surface area contributed by atoms with Gasteiger partial charge < -0.3 is 18.8 Å². The number of rotatable bonds is 8. The molecule has 2 aliphatic rings. The van der Waals surface area contributed by atoms with Crippen molar-refractivity contribution in [3.05, 3.63) is 23.8 Å². The maximum Gasteiger partial charge on any atom is 0.573 e. The van der Waals surface area contributed by atoms with Gasteiger partial charge in [0.25, 0.3) is 0 Å². The first kappa shape index (κ1) is 23.6. The summed E-state index contributed by atoms with van der Waals surface area (Å²) in [6.45, 7) is 2.94. The van der Waals surface area contributed by atoms with E-state index >= 15 is 0 Å². The Balaban J connectivity index is 1.81. The van der Waals surface area contributed by atoms with Gasteiger partial charge in [-0.05, 0) is 63.1 Å². The van der Waals surface area contributed by atoms with Crippen molar-refractivity contribution in [2.75, 3.05) is 12.4 Å². The second-order valence-corrected chi connectivity index (χ2v) is 10.1. The maximum atomic E-state index is 12.9. The minimum atomic E-state index is -4.96. The van der Waals surface area contributed by atoms with Crippen LogP contribution in [0.25, 0.3) is 0 Å². The predicted octanol–water partition coefficient (Wildman–Crippen LogP) is 3.88. The lowest BCUT2D eigenvalue weighted by atomic mass is 9.78. The van der Waals surface area contributed by atoms with Crippen LogP contribution < -0.4 is 9.47 Å². The molecule has 2 bridgehead atoms. The highest BCUT2D eigenvalue weighted by Gasteiger charge is 2.48. The van der Waals surface area contributed by atoms with Gasteiger partial charge in [0, 0.05) is 5.92 Å². The highest BCUT2D eigenvalue weighted by molar-refractivity contribution is 7.85. The lowest BCUT2D eigenvalue weighted by molar-refractivity contribution is -0.275. The Morgan fingerprint density at radius 1 is 1.13 bits per heavy atom. The zero-order valence-electron chi connectivity index (χ0n) is 17.1. The van der Waals surface area contributed by atoms with E-state index in [0.29, 0.717) is 11.8 Å². The van der Waals surface area contributed by atoms with Gasteiger partial charge >= 0.3 is 12.3 Å². The third-order valence-electron chi connectivity index (χ3n) is 5.98. The van der Waals surface area contributed by atoms with Gasteiger partial charge in [-0.25, -0.2) is 13.2 Å². The molecule has 0 spiro atoms. The van der Waals surface area contributed by atoms with Gasteiger partial charge in [0.15, 0.2) is 11.5 Å². The minimum Gasteiger partial charge on any atom is -0.748 e. The highest BCUT2D eigenvalue weighted by atomic mass is 32.2. The molecule has 1 aromatic carbocycles. The van der Waals surface area contributed by atoms with E-state index < -0.39 is 46.2 Å². The van der Waals surface area contributed by atoms with E-state index in [0.717, 1.165) is 43.9 Å². The number of fused-ring (bicyclic) bond motifs is 2. The van der Waals surface area contributed by atoms with Crippen molar-refractivity contribution in [2.24, 2.45) is 17.8 Å². The van der Waals surface area contributed by atoms with Crippen molar-refractivity contribution in [1.82, 2.24) is 0 Å². The number of ether oxygens (including phenoxy) is 3. The molecule has 31 heavy (non-hydrogen) atoms. The van der Waals surface area contributed by atoms with Crippen LogP contribution in [0.1, 0.15) is 49.9 Å². The summed E-state index contributed by atoms with van der Waals surface area (Å²) >= 11 is 0. The third-order valence-corrected chi connectivity index (χ3v) is 6.64. The molecule has 2 aliphatic carbocycles. The van der Waals surface area contributed by atoms with Crippen molar-refractivity contribution in [1.29, 1.82) is 0 Å². The number of esters is 1. The van der Waals surface area contributed by atoms with E-state index in [-0.39, 0.29) is 17.2 Å². The lowest BCUT2D eigenvalue weighted by Crippen LogP contribution is -2.40. The van der Waals surface area contributed by atoms with Gasteiger partial charge in [-0.3, -0.25) is 0 Å². The van der Waals surface area contributed by atoms with Gasteiger partial charge in [-0.15, -0.1) is 13.2 Å². The number of carbonyl (C=O) groups excluding carboxylic acids is 1. The monoisotopic (exact) mass is 465 g/mol. The number of hydrogen-bond donors (Lipinski definition) is 0. The molecule has 1 aromatic rings. The van der Waals surface area contributed by atoms with Crippen LogP contribution in [0.5, 0.6) is 11.5 Å². The van der Waals surface area contributed by atoms with E-state index in [1.54, 1.807) is 13.8 Å². The van der Waals surface area contributed by atoms with Gasteiger partial charge in [0.1, 0.15) is 12.2 Å². The molecular formula is C20H24F3O7S-. The van der Waals surface area contributed by atoms with Crippen molar-refractivity contribution < 1.29 is 45.1 Å². The van der Waals surface area contributed by atoms with E-state index in [1.165, 1.54) is 0 Å². The molecule has 0 amide bonds. The zero-order valence-corrected chi connectivity index (χ0v) is 17.9. The van der Waals surface area contributed by atoms with E-state index in [9.17, 15) is 30.9 Å². The molecule has 3 rings (SSSR count). The maximum absolute atomic E-state index is 12.9. The molecule has 11 heteroatoms. The average Bonchev–Trinajstić information content (AvgIpc) is 3.24. The Bertz CT molecular complexity index is 927. The van der Waals surface area contributed by atoms with Crippen molar-refractivity contribution in [2.45, 2.75) is 51.5 Å². The zero-order chi connectivity index (χ0) is 23.0. The van der Waals surface area contributed by atoms with Gasteiger partial charge in [0.05, 0.1) is 21.4 Å². The van der Waals surface area contributed by atoms with Gasteiger partial charge in [0.2, 0.25) is 0 Å². The largest absolute Gasteiger partial charge is 0.748 e. The second-order valence-electron chi connectivity index (χ2n) is 8.59. The quantitative estimate of drug-likeness (QED) is 0.424. The molecule has 0 heterocycles. The van der Waals surface area contributed by atoms with Crippen LogP contribution >= 0.6 is 0 Å². The third kappa shape index (κ3) is 6.25. The Labute approximate surface area is 178 Å². The fourth-order valence-electron chi connectivity index (χ4n) is 4.70. The molecule has 7 nitrogen and oxygen atoms in total. The SMILES string of the molecule is CC(C)(Oc1cc(C(=O)OCCS(=O)(=O)[O-])ccc1OC(F)(F)F)C1CC2CCC1C2. The van der Waals surface area contributed by atoms with E-state index in [1.807, 2.05) is 0 Å². The fraction of sp³-hybridized carbons (Fsp3) is 0.650. The number of halogens is 3. The number of alkyl halides is 3. The summed E-state index contributed by atoms with van der Waals surface area (Å²) in [5.74, 6) is -1.57. The lowest BCUT2D eigenvalue weighted by Gasteiger charge is -2.38. The molecule has 2 saturated carbocycles. The molecule has 0 saturated heterocycles. The van der Waals surface area contributed by atoms with Crippen LogP contribution in [0.4, 0.5) is 13.2 Å². The first-order valence-electron chi connectivity index (χ1n) is 9.93. The second kappa shape index (κ2) is 8.50. The van der Waals surface area contributed by atoms with Crippen LogP contribution in [0.2, 0.25) is 0 Å². The van der Waals surface area contributed by atoms with E-state index in [4.69, 9.17) is 9.47 Å². The molecule has 0 radical (unpaired) electrons. The number of benzene rings is 1. The summed E-state index contributed by atoms with van der Waals surface area (Å²) in [6.07, 6.45) is -0.737. The normalized spacial score (nSPS) is 23.6. The topological polar surface area (TPSA) is 102 Å². The van der Waals surface area contributed by atoms with Gasteiger partial charge in [-0.1, -0.05) is 6.42 Å². The molecule has 2 fully saturated rings. The molecular weight excluding hydrogens is 441 g/mol. The number of hydrogen-bond acceptors (Lipinski definition) is 7. The molecule has 0 aromatic heterocycles. The van der Waals surface area contributed by atoms with Crippen molar-refractivity contribution >= 4 is 16.1 Å². The van der Waals surface area contributed by atoms with Crippen LogP contribution in [-0.4, -0.2) is 43.3 Å². The fourth-order valence-corrected chi connectivity index (χ4v) is 4.99. The Morgan fingerprint density at radius 2 is 1.84 bits per heavy atom. The Hall–Kier alpha value is -2.01. The predicted molar refractivity (Wildman–Crippen MR) is 102 cm³/mol. The molecule has 3 unspecified atom stereocenters. The van der Waals surface area contributed by atoms with E-state index in [2.05, 4.69) is 4.74 Å². The molecule has 0 aliphatic heterocycles. The Kier molecular flexibility index (Phi) is 6.48. The molecule has 174 valence electrons. The minimum absolute atomic E-state index is 0.155. The van der Waals surface area contributed by atoms with Crippen LogP contribution in [0, 0.1) is 17.8 Å². The van der Waals surface area contributed by atoms with Crippen molar-refractivity contribution in [3.63, 3.8) is 0 Å². The first-order valence-corrected chi connectivity index (χ1v) is 11.5. The van der Waals surface area contributed by atoms with Crippen LogP contribution in [0.3, 0.4) is 0 Å².